The fourth-order valence-electron chi connectivity index (χ4n) is 3.27. The van der Waals surface area contributed by atoms with Gasteiger partial charge >= 0.3 is 0 Å². The van der Waals surface area contributed by atoms with E-state index in [0.717, 1.165) is 44.6 Å². The molecule has 1 fully saturated rings. The highest BCUT2D eigenvalue weighted by Crippen LogP contribution is 2.35. The normalized spacial score (nSPS) is 22.3. The van der Waals surface area contributed by atoms with E-state index in [4.69, 9.17) is 0 Å². The minimum Gasteiger partial charge on any atom is -0.396 e. The van der Waals surface area contributed by atoms with Crippen LogP contribution in [-0.4, -0.2) is 34.7 Å². The fraction of sp³-hybridized carbons (Fsp3) is 0.500. The van der Waals surface area contributed by atoms with Crippen molar-refractivity contribution in [1.82, 2.24) is 9.88 Å². The maximum absolute atomic E-state index is 9.93. The number of thiophene rings is 1. The molecule has 3 nitrogen and oxygen atoms in total. The second-order valence-electron chi connectivity index (χ2n) is 6.51. The van der Waals surface area contributed by atoms with Crippen molar-refractivity contribution in [3.63, 3.8) is 0 Å². The first-order valence-electron chi connectivity index (χ1n) is 7.96. The summed E-state index contributed by atoms with van der Waals surface area (Å²) in [7, 11) is 0. The molecule has 0 amide bonds. The number of aliphatic hydroxyl groups excluding tert-OH is 1. The van der Waals surface area contributed by atoms with E-state index in [0.29, 0.717) is 6.61 Å². The summed E-state index contributed by atoms with van der Waals surface area (Å²) >= 11 is 1.82. The van der Waals surface area contributed by atoms with Crippen LogP contribution in [0.4, 0.5) is 0 Å². The monoisotopic (exact) mass is 316 g/mol. The first-order chi connectivity index (χ1) is 10.7. The maximum Gasteiger partial charge on any atom is 0.0500 e. The molecule has 0 spiro atoms. The summed E-state index contributed by atoms with van der Waals surface area (Å²) in [5.41, 5.74) is 2.39. The van der Waals surface area contributed by atoms with Gasteiger partial charge in [0.15, 0.2) is 0 Å². The number of rotatable bonds is 6. The smallest absolute Gasteiger partial charge is 0.0500 e. The highest BCUT2D eigenvalue weighted by atomic mass is 32.1. The van der Waals surface area contributed by atoms with Crippen molar-refractivity contribution in [2.75, 3.05) is 19.7 Å². The van der Waals surface area contributed by atoms with Crippen molar-refractivity contribution in [3.05, 3.63) is 52.0 Å². The summed E-state index contributed by atoms with van der Waals surface area (Å²) in [5.74, 6) is 0. The SMILES string of the molecule is Cc1ccc(CN2CCC(CO)(CCc3cccs3)C2)cn1. The number of aliphatic hydroxyl groups is 1. The second-order valence-corrected chi connectivity index (χ2v) is 7.54. The largest absolute Gasteiger partial charge is 0.396 e. The summed E-state index contributed by atoms with van der Waals surface area (Å²) in [6, 6.07) is 8.53. The lowest BCUT2D eigenvalue weighted by Crippen LogP contribution is -2.30. The molecule has 0 radical (unpaired) electrons. The molecule has 2 aromatic heterocycles. The van der Waals surface area contributed by atoms with Gasteiger partial charge in [0.25, 0.3) is 0 Å². The first kappa shape index (κ1) is 15.7. The lowest BCUT2D eigenvalue weighted by Gasteiger charge is -2.27. The summed E-state index contributed by atoms with van der Waals surface area (Å²) in [6.07, 6.45) is 5.22. The highest BCUT2D eigenvalue weighted by molar-refractivity contribution is 7.09. The van der Waals surface area contributed by atoms with E-state index in [1.165, 1.54) is 10.4 Å². The quantitative estimate of drug-likeness (QED) is 0.888. The van der Waals surface area contributed by atoms with E-state index >= 15 is 0 Å². The van der Waals surface area contributed by atoms with Crippen LogP contribution in [0.25, 0.3) is 0 Å². The van der Waals surface area contributed by atoms with Crippen LogP contribution >= 0.6 is 11.3 Å². The van der Waals surface area contributed by atoms with Crippen LogP contribution in [0.3, 0.4) is 0 Å². The predicted octanol–water partition coefficient (Wildman–Crippen LogP) is 3.27. The Morgan fingerprint density at radius 3 is 2.95 bits per heavy atom. The van der Waals surface area contributed by atoms with Gasteiger partial charge in [-0.05, 0) is 55.8 Å². The maximum atomic E-state index is 9.93. The molecule has 0 saturated carbocycles. The molecule has 4 heteroatoms. The topological polar surface area (TPSA) is 36.4 Å². The Labute approximate surface area is 136 Å². The minimum absolute atomic E-state index is 0.0715. The van der Waals surface area contributed by atoms with Gasteiger partial charge in [0.1, 0.15) is 0 Å². The number of likely N-dealkylation sites (tertiary alicyclic amines) is 1. The average Bonchev–Trinajstić information content (AvgIpc) is 3.18. The molecule has 1 aliphatic rings. The van der Waals surface area contributed by atoms with Gasteiger partial charge in [-0.15, -0.1) is 11.3 Å². The van der Waals surface area contributed by atoms with Gasteiger partial charge in [-0.2, -0.15) is 0 Å². The standard InChI is InChI=1S/C18H24N2OS/c1-15-4-5-16(11-19-15)12-20-9-8-18(13-20,14-21)7-6-17-3-2-10-22-17/h2-5,10-11,21H,6-9,12-14H2,1H3. The number of aromatic nitrogens is 1. The van der Waals surface area contributed by atoms with Gasteiger partial charge in [-0.1, -0.05) is 12.1 Å². The van der Waals surface area contributed by atoms with E-state index in [9.17, 15) is 5.11 Å². The van der Waals surface area contributed by atoms with E-state index in [2.05, 4.69) is 39.5 Å². The van der Waals surface area contributed by atoms with Crippen LogP contribution in [0.2, 0.25) is 0 Å². The van der Waals surface area contributed by atoms with Crippen molar-refractivity contribution < 1.29 is 5.11 Å². The van der Waals surface area contributed by atoms with Gasteiger partial charge in [-0.3, -0.25) is 9.88 Å². The molecule has 1 aliphatic heterocycles. The molecular weight excluding hydrogens is 292 g/mol. The zero-order valence-corrected chi connectivity index (χ0v) is 14.0. The predicted molar refractivity (Wildman–Crippen MR) is 91.0 cm³/mol. The van der Waals surface area contributed by atoms with Crippen molar-refractivity contribution in [2.45, 2.75) is 32.7 Å². The second kappa shape index (κ2) is 6.90. The van der Waals surface area contributed by atoms with Crippen LogP contribution in [0.1, 0.15) is 29.0 Å². The van der Waals surface area contributed by atoms with E-state index in [-0.39, 0.29) is 5.41 Å². The highest BCUT2D eigenvalue weighted by Gasteiger charge is 2.37. The zero-order valence-electron chi connectivity index (χ0n) is 13.2. The van der Waals surface area contributed by atoms with Crippen molar-refractivity contribution in [1.29, 1.82) is 0 Å². The summed E-state index contributed by atoms with van der Waals surface area (Å²) < 4.78 is 0. The third-order valence-electron chi connectivity index (χ3n) is 4.71. The molecule has 1 N–H and O–H groups in total. The van der Waals surface area contributed by atoms with Crippen molar-refractivity contribution in [2.24, 2.45) is 5.41 Å². The molecule has 0 bridgehead atoms. The molecule has 118 valence electrons. The molecule has 1 saturated heterocycles. The third kappa shape index (κ3) is 3.75. The van der Waals surface area contributed by atoms with Gasteiger partial charge < -0.3 is 5.11 Å². The number of hydrogen-bond donors (Lipinski definition) is 1. The van der Waals surface area contributed by atoms with Crippen molar-refractivity contribution >= 4 is 11.3 Å². The number of pyridine rings is 1. The molecule has 1 atom stereocenters. The molecule has 22 heavy (non-hydrogen) atoms. The Bertz CT molecular complexity index is 582. The summed E-state index contributed by atoms with van der Waals surface area (Å²) in [5, 5.41) is 12.1. The van der Waals surface area contributed by atoms with Crippen LogP contribution < -0.4 is 0 Å². The Morgan fingerprint density at radius 1 is 1.36 bits per heavy atom. The molecular formula is C18H24N2OS. The van der Waals surface area contributed by atoms with Gasteiger partial charge in [0.2, 0.25) is 0 Å². The molecule has 1 unspecified atom stereocenters. The molecule has 0 aliphatic carbocycles. The number of nitrogens with zero attached hydrogens (tertiary/aromatic N) is 2. The van der Waals surface area contributed by atoms with Gasteiger partial charge in [0.05, 0.1) is 0 Å². The van der Waals surface area contributed by atoms with Gasteiger partial charge in [0, 0.05) is 41.9 Å². The molecule has 2 aromatic rings. The van der Waals surface area contributed by atoms with Crippen LogP contribution in [0.5, 0.6) is 0 Å². The van der Waals surface area contributed by atoms with Crippen LogP contribution in [-0.2, 0) is 13.0 Å². The zero-order chi connectivity index (χ0) is 15.4. The van der Waals surface area contributed by atoms with Gasteiger partial charge in [-0.25, -0.2) is 0 Å². The lowest BCUT2D eigenvalue weighted by molar-refractivity contribution is 0.118. The third-order valence-corrected chi connectivity index (χ3v) is 5.65. The first-order valence-corrected chi connectivity index (χ1v) is 8.84. The van der Waals surface area contributed by atoms with E-state index in [1.807, 2.05) is 24.5 Å². The summed E-state index contributed by atoms with van der Waals surface area (Å²) in [6.45, 7) is 5.30. The van der Waals surface area contributed by atoms with Crippen molar-refractivity contribution in [3.8, 4) is 0 Å². The Balaban J connectivity index is 1.57. The number of aryl methyl sites for hydroxylation is 2. The molecule has 0 aromatic carbocycles. The van der Waals surface area contributed by atoms with E-state index in [1.54, 1.807) is 0 Å². The fourth-order valence-corrected chi connectivity index (χ4v) is 3.98. The summed E-state index contributed by atoms with van der Waals surface area (Å²) in [4.78, 5) is 8.25. The number of hydrogen-bond acceptors (Lipinski definition) is 4. The van der Waals surface area contributed by atoms with Crippen LogP contribution in [0, 0.1) is 12.3 Å². The molecule has 3 heterocycles. The van der Waals surface area contributed by atoms with Crippen LogP contribution in [0.15, 0.2) is 35.8 Å². The Hall–Kier alpha value is -1.23. The minimum atomic E-state index is 0.0715. The average molecular weight is 316 g/mol. The Morgan fingerprint density at radius 2 is 2.27 bits per heavy atom. The molecule has 3 rings (SSSR count). The lowest BCUT2D eigenvalue weighted by atomic mass is 9.83. The Kier molecular flexibility index (Phi) is 4.91. The van der Waals surface area contributed by atoms with E-state index < -0.39 is 0 Å².